The zero-order valence-electron chi connectivity index (χ0n) is 13.0. The quantitative estimate of drug-likeness (QED) is 0.839. The molecular formula is C17H19ClN2O3. The van der Waals surface area contributed by atoms with E-state index in [1.54, 1.807) is 6.20 Å². The van der Waals surface area contributed by atoms with Gasteiger partial charge in [-0.15, -0.1) is 0 Å². The summed E-state index contributed by atoms with van der Waals surface area (Å²) in [6.45, 7) is 2.77. The molecule has 0 spiro atoms. The van der Waals surface area contributed by atoms with Gasteiger partial charge in [0, 0.05) is 11.6 Å². The second-order valence-electron chi connectivity index (χ2n) is 5.62. The molecule has 23 heavy (non-hydrogen) atoms. The molecule has 2 heterocycles. The Morgan fingerprint density at radius 1 is 1.48 bits per heavy atom. The van der Waals surface area contributed by atoms with Crippen LogP contribution in [0, 0.1) is 6.92 Å². The standard InChI is InChI=1S/C17H19ClN2O3/c1-12-9-19-16(23-12)10-22-11-17(21)20-8-4-7-15(20)13-5-2-3-6-14(13)18/h2-3,5-6,9,15H,4,7-8,10-11H2,1H3. The minimum atomic E-state index is -0.0318. The number of benzene rings is 1. The van der Waals surface area contributed by atoms with Crippen LogP contribution in [0.1, 0.15) is 36.1 Å². The number of amides is 1. The van der Waals surface area contributed by atoms with Crippen molar-refractivity contribution in [3.05, 3.63) is 52.7 Å². The van der Waals surface area contributed by atoms with E-state index < -0.39 is 0 Å². The molecular weight excluding hydrogens is 316 g/mol. The van der Waals surface area contributed by atoms with Gasteiger partial charge in [0.2, 0.25) is 11.8 Å². The van der Waals surface area contributed by atoms with Gasteiger partial charge in [-0.2, -0.15) is 0 Å². The Hall–Kier alpha value is -1.85. The maximum atomic E-state index is 12.4. The number of rotatable bonds is 5. The SMILES string of the molecule is Cc1cnc(COCC(=O)N2CCCC2c2ccccc2Cl)o1. The maximum absolute atomic E-state index is 12.4. The molecule has 1 atom stereocenters. The molecule has 1 aliphatic heterocycles. The molecule has 5 nitrogen and oxygen atoms in total. The number of aryl methyl sites for hydroxylation is 1. The predicted octanol–water partition coefficient (Wildman–Crippen LogP) is 3.52. The van der Waals surface area contributed by atoms with Crippen LogP contribution in [-0.2, 0) is 16.1 Å². The van der Waals surface area contributed by atoms with Crippen LogP contribution in [-0.4, -0.2) is 28.9 Å². The number of halogens is 1. The minimum Gasteiger partial charge on any atom is -0.443 e. The summed E-state index contributed by atoms with van der Waals surface area (Å²) in [5.41, 5.74) is 1.00. The highest BCUT2D eigenvalue weighted by Gasteiger charge is 2.30. The fraction of sp³-hybridized carbons (Fsp3) is 0.412. The Bertz CT molecular complexity index is 686. The monoisotopic (exact) mass is 334 g/mol. The number of carbonyl (C=O) groups is 1. The van der Waals surface area contributed by atoms with Gasteiger partial charge in [-0.3, -0.25) is 4.79 Å². The van der Waals surface area contributed by atoms with E-state index in [0.717, 1.165) is 30.7 Å². The Morgan fingerprint density at radius 3 is 3.04 bits per heavy atom. The lowest BCUT2D eigenvalue weighted by Gasteiger charge is -2.25. The average molecular weight is 335 g/mol. The van der Waals surface area contributed by atoms with Crippen molar-refractivity contribution in [2.75, 3.05) is 13.2 Å². The number of nitrogens with zero attached hydrogens (tertiary/aromatic N) is 2. The number of hydrogen-bond acceptors (Lipinski definition) is 4. The van der Waals surface area contributed by atoms with Crippen LogP contribution < -0.4 is 0 Å². The van der Waals surface area contributed by atoms with Crippen molar-refractivity contribution in [3.63, 3.8) is 0 Å². The van der Waals surface area contributed by atoms with Gasteiger partial charge in [0.05, 0.1) is 12.2 Å². The zero-order chi connectivity index (χ0) is 16.2. The van der Waals surface area contributed by atoms with Gasteiger partial charge in [0.15, 0.2) is 0 Å². The van der Waals surface area contributed by atoms with Gasteiger partial charge in [-0.1, -0.05) is 29.8 Å². The van der Waals surface area contributed by atoms with Crippen molar-refractivity contribution in [1.82, 2.24) is 9.88 Å². The summed E-state index contributed by atoms with van der Waals surface area (Å²) in [6, 6.07) is 7.72. The number of carbonyl (C=O) groups excluding carboxylic acids is 1. The summed E-state index contributed by atoms with van der Waals surface area (Å²) in [4.78, 5) is 18.3. The molecule has 2 aromatic rings. The fourth-order valence-corrected chi connectivity index (χ4v) is 3.17. The summed E-state index contributed by atoms with van der Waals surface area (Å²) >= 11 is 6.27. The predicted molar refractivity (Wildman–Crippen MR) is 86.0 cm³/mol. The first kappa shape index (κ1) is 16.0. The van der Waals surface area contributed by atoms with Crippen LogP contribution in [0.3, 0.4) is 0 Å². The molecule has 1 aromatic carbocycles. The van der Waals surface area contributed by atoms with Gasteiger partial charge in [0.25, 0.3) is 0 Å². The van der Waals surface area contributed by atoms with Crippen molar-refractivity contribution in [1.29, 1.82) is 0 Å². The Morgan fingerprint density at radius 2 is 2.30 bits per heavy atom. The molecule has 0 saturated carbocycles. The second-order valence-corrected chi connectivity index (χ2v) is 6.03. The molecule has 3 rings (SSSR count). The van der Waals surface area contributed by atoms with Crippen LogP contribution in [0.5, 0.6) is 0 Å². The molecule has 122 valence electrons. The number of hydrogen-bond donors (Lipinski definition) is 0. The van der Waals surface area contributed by atoms with Crippen LogP contribution >= 0.6 is 11.6 Å². The lowest BCUT2D eigenvalue weighted by molar-refractivity contribution is -0.137. The van der Waals surface area contributed by atoms with E-state index in [9.17, 15) is 4.79 Å². The lowest BCUT2D eigenvalue weighted by Crippen LogP contribution is -2.33. The molecule has 0 radical (unpaired) electrons. The van der Waals surface area contributed by atoms with Crippen molar-refractivity contribution in [2.24, 2.45) is 0 Å². The third kappa shape index (κ3) is 3.74. The topological polar surface area (TPSA) is 55.6 Å². The average Bonchev–Trinajstić information content (AvgIpc) is 3.17. The number of likely N-dealkylation sites (tertiary alicyclic amines) is 1. The van der Waals surface area contributed by atoms with E-state index in [-0.39, 0.29) is 25.2 Å². The van der Waals surface area contributed by atoms with Crippen LogP contribution in [0.2, 0.25) is 5.02 Å². The first-order valence-corrected chi connectivity index (χ1v) is 8.06. The van der Waals surface area contributed by atoms with Crippen molar-refractivity contribution in [2.45, 2.75) is 32.4 Å². The first-order valence-electron chi connectivity index (χ1n) is 7.68. The van der Waals surface area contributed by atoms with Crippen molar-refractivity contribution >= 4 is 17.5 Å². The maximum Gasteiger partial charge on any atom is 0.249 e. The second kappa shape index (κ2) is 7.15. The summed E-state index contributed by atoms with van der Waals surface area (Å²) in [5.74, 6) is 1.18. The van der Waals surface area contributed by atoms with Crippen LogP contribution in [0.25, 0.3) is 0 Å². The summed E-state index contributed by atoms with van der Waals surface area (Å²) in [7, 11) is 0. The molecule has 6 heteroatoms. The lowest BCUT2D eigenvalue weighted by atomic mass is 10.0. The van der Waals surface area contributed by atoms with Gasteiger partial charge in [0.1, 0.15) is 19.0 Å². The minimum absolute atomic E-state index is 0.0163. The molecule has 1 amide bonds. The third-order valence-corrected chi connectivity index (χ3v) is 4.30. The molecule has 1 fully saturated rings. The molecule has 1 unspecified atom stereocenters. The smallest absolute Gasteiger partial charge is 0.249 e. The highest BCUT2D eigenvalue weighted by atomic mass is 35.5. The zero-order valence-corrected chi connectivity index (χ0v) is 13.8. The highest BCUT2D eigenvalue weighted by molar-refractivity contribution is 6.31. The number of oxazole rings is 1. The number of ether oxygens (including phenoxy) is 1. The van der Waals surface area contributed by atoms with Gasteiger partial charge < -0.3 is 14.1 Å². The number of aromatic nitrogens is 1. The highest BCUT2D eigenvalue weighted by Crippen LogP contribution is 2.35. The van der Waals surface area contributed by atoms with Crippen molar-refractivity contribution < 1.29 is 13.9 Å². The van der Waals surface area contributed by atoms with Crippen LogP contribution in [0.4, 0.5) is 0 Å². The van der Waals surface area contributed by atoms with Crippen molar-refractivity contribution in [3.8, 4) is 0 Å². The molecule has 0 bridgehead atoms. The summed E-state index contributed by atoms with van der Waals surface area (Å²) in [5, 5.41) is 0.702. The summed E-state index contributed by atoms with van der Waals surface area (Å²) in [6.07, 6.45) is 3.53. The largest absolute Gasteiger partial charge is 0.443 e. The first-order chi connectivity index (χ1) is 11.1. The Kier molecular flexibility index (Phi) is 4.98. The van der Waals surface area contributed by atoms with E-state index in [4.69, 9.17) is 20.8 Å². The molecule has 1 aromatic heterocycles. The van der Waals surface area contributed by atoms with E-state index >= 15 is 0 Å². The summed E-state index contributed by atoms with van der Waals surface area (Å²) < 4.78 is 10.8. The Labute approximate surface area is 140 Å². The molecule has 1 aliphatic rings. The molecule has 0 aliphatic carbocycles. The van der Waals surface area contributed by atoms with E-state index in [1.165, 1.54) is 0 Å². The molecule has 0 N–H and O–H groups in total. The molecule has 1 saturated heterocycles. The third-order valence-electron chi connectivity index (χ3n) is 3.96. The fourth-order valence-electron chi connectivity index (χ4n) is 2.91. The van der Waals surface area contributed by atoms with Gasteiger partial charge in [-0.05, 0) is 31.4 Å². The Balaban J connectivity index is 1.59. The van der Waals surface area contributed by atoms with Gasteiger partial charge in [-0.25, -0.2) is 4.98 Å². The van der Waals surface area contributed by atoms with Gasteiger partial charge >= 0.3 is 0 Å². The van der Waals surface area contributed by atoms with E-state index in [0.29, 0.717) is 10.9 Å². The normalized spacial score (nSPS) is 17.7. The van der Waals surface area contributed by atoms with E-state index in [2.05, 4.69) is 4.98 Å². The van der Waals surface area contributed by atoms with E-state index in [1.807, 2.05) is 36.1 Å². The van der Waals surface area contributed by atoms with Crippen LogP contribution in [0.15, 0.2) is 34.9 Å².